The highest BCUT2D eigenvalue weighted by molar-refractivity contribution is 6.32. The van der Waals surface area contributed by atoms with E-state index >= 15 is 0 Å². The number of hydrogen-bond donors (Lipinski definition) is 1. The molecule has 0 saturated heterocycles. The van der Waals surface area contributed by atoms with Gasteiger partial charge in [0.1, 0.15) is 11.6 Å². The fraction of sp³-hybridized carbons (Fsp3) is 0.158. The lowest BCUT2D eigenvalue weighted by molar-refractivity contribution is -0.112. The molecule has 5 nitrogen and oxygen atoms in total. The highest BCUT2D eigenvalue weighted by Crippen LogP contribution is 2.37. The molecule has 1 heterocycles. The predicted molar refractivity (Wildman–Crippen MR) is 95.7 cm³/mol. The number of fused-ring (bicyclic) bond motifs is 1. The summed E-state index contributed by atoms with van der Waals surface area (Å²) in [6.45, 7) is 4.07. The minimum Gasteiger partial charge on any atom is -0.454 e. The molecule has 25 heavy (non-hydrogen) atoms. The Kier molecular flexibility index (Phi) is 4.64. The Morgan fingerprint density at radius 3 is 2.60 bits per heavy atom. The average molecular weight is 355 g/mol. The third-order valence-electron chi connectivity index (χ3n) is 3.92. The first-order valence-electron chi connectivity index (χ1n) is 7.57. The van der Waals surface area contributed by atoms with Crippen LogP contribution in [0, 0.1) is 25.2 Å². The molecule has 6 heteroatoms. The summed E-state index contributed by atoms with van der Waals surface area (Å²) in [5.41, 5.74) is 3.27. The minimum atomic E-state index is -0.500. The first-order chi connectivity index (χ1) is 12.0. The topological polar surface area (TPSA) is 71.4 Å². The molecule has 2 aromatic carbocycles. The number of ether oxygens (including phenoxy) is 2. The van der Waals surface area contributed by atoms with Crippen LogP contribution in [-0.4, -0.2) is 12.7 Å². The molecule has 0 spiro atoms. The monoisotopic (exact) mass is 354 g/mol. The number of nitriles is 1. The van der Waals surface area contributed by atoms with Crippen LogP contribution in [0.1, 0.15) is 16.7 Å². The van der Waals surface area contributed by atoms with Crippen LogP contribution in [0.2, 0.25) is 5.02 Å². The summed E-state index contributed by atoms with van der Waals surface area (Å²) in [6, 6.07) is 10.7. The SMILES string of the molecule is Cc1ccc(NC(=O)/C(C#N)=C/c2cc3c(cc2Cl)OCO3)cc1C. The quantitative estimate of drug-likeness (QED) is 0.661. The Balaban J connectivity index is 1.86. The van der Waals surface area contributed by atoms with E-state index in [0.717, 1.165) is 11.1 Å². The number of anilines is 1. The number of nitrogens with zero attached hydrogens (tertiary/aromatic N) is 1. The number of benzene rings is 2. The Labute approximate surface area is 150 Å². The molecule has 0 radical (unpaired) electrons. The molecule has 0 bridgehead atoms. The number of carbonyl (C=O) groups is 1. The largest absolute Gasteiger partial charge is 0.454 e. The third kappa shape index (κ3) is 3.59. The Morgan fingerprint density at radius 2 is 1.92 bits per heavy atom. The number of carbonyl (C=O) groups excluding carboxylic acids is 1. The van der Waals surface area contributed by atoms with Gasteiger partial charge in [0.2, 0.25) is 6.79 Å². The van der Waals surface area contributed by atoms with Crippen molar-refractivity contribution in [1.82, 2.24) is 0 Å². The Bertz CT molecular complexity index is 929. The summed E-state index contributed by atoms with van der Waals surface area (Å²) < 4.78 is 10.5. The van der Waals surface area contributed by atoms with E-state index in [9.17, 15) is 10.1 Å². The maximum absolute atomic E-state index is 12.4. The summed E-state index contributed by atoms with van der Waals surface area (Å²) in [5, 5.41) is 12.4. The predicted octanol–water partition coefficient (Wildman–Crippen LogP) is 4.23. The lowest BCUT2D eigenvalue weighted by atomic mass is 10.1. The number of rotatable bonds is 3. The maximum Gasteiger partial charge on any atom is 0.266 e. The van der Waals surface area contributed by atoms with Gasteiger partial charge in [0.05, 0.1) is 5.02 Å². The van der Waals surface area contributed by atoms with E-state index in [2.05, 4.69) is 5.32 Å². The van der Waals surface area contributed by atoms with Gasteiger partial charge in [0.15, 0.2) is 11.5 Å². The molecule has 126 valence electrons. The zero-order valence-electron chi connectivity index (χ0n) is 13.7. The lowest BCUT2D eigenvalue weighted by Gasteiger charge is -2.07. The number of nitrogens with one attached hydrogen (secondary N) is 1. The van der Waals surface area contributed by atoms with E-state index in [1.165, 1.54) is 6.08 Å². The van der Waals surface area contributed by atoms with Crippen LogP contribution in [0.25, 0.3) is 6.08 Å². The van der Waals surface area contributed by atoms with Crippen LogP contribution < -0.4 is 14.8 Å². The maximum atomic E-state index is 12.4. The fourth-order valence-electron chi connectivity index (χ4n) is 2.37. The van der Waals surface area contributed by atoms with Crippen LogP contribution in [0.3, 0.4) is 0 Å². The zero-order valence-corrected chi connectivity index (χ0v) is 14.5. The van der Waals surface area contributed by atoms with Gasteiger partial charge < -0.3 is 14.8 Å². The molecule has 1 aliphatic heterocycles. The van der Waals surface area contributed by atoms with Crippen LogP contribution >= 0.6 is 11.6 Å². The lowest BCUT2D eigenvalue weighted by Crippen LogP contribution is -2.13. The molecule has 0 saturated carbocycles. The summed E-state index contributed by atoms with van der Waals surface area (Å²) in [5.74, 6) is 0.572. The van der Waals surface area contributed by atoms with Gasteiger partial charge >= 0.3 is 0 Å². The van der Waals surface area contributed by atoms with Crippen molar-refractivity contribution in [3.05, 3.63) is 57.6 Å². The summed E-state index contributed by atoms with van der Waals surface area (Å²) in [7, 11) is 0. The van der Waals surface area contributed by atoms with Crippen LogP contribution in [0.4, 0.5) is 5.69 Å². The molecule has 0 aliphatic carbocycles. The highest BCUT2D eigenvalue weighted by Gasteiger charge is 2.17. The first kappa shape index (κ1) is 16.9. The van der Waals surface area contributed by atoms with Crippen molar-refractivity contribution < 1.29 is 14.3 Å². The first-order valence-corrected chi connectivity index (χ1v) is 7.95. The molecule has 0 atom stereocenters. The molecule has 2 aromatic rings. The number of amides is 1. The van der Waals surface area contributed by atoms with E-state index in [-0.39, 0.29) is 12.4 Å². The number of halogens is 1. The number of hydrogen-bond acceptors (Lipinski definition) is 4. The second-order valence-corrected chi connectivity index (χ2v) is 6.06. The molecule has 0 fully saturated rings. The average Bonchev–Trinajstić information content (AvgIpc) is 3.02. The van der Waals surface area contributed by atoms with E-state index in [1.54, 1.807) is 18.2 Å². The molecular weight excluding hydrogens is 340 g/mol. The van der Waals surface area contributed by atoms with Gasteiger partial charge in [-0.15, -0.1) is 0 Å². The van der Waals surface area contributed by atoms with Crippen molar-refractivity contribution in [2.45, 2.75) is 13.8 Å². The summed E-state index contributed by atoms with van der Waals surface area (Å²) >= 11 is 6.19. The van der Waals surface area contributed by atoms with E-state index in [0.29, 0.717) is 27.8 Å². The van der Waals surface area contributed by atoms with Crippen molar-refractivity contribution in [1.29, 1.82) is 5.26 Å². The van der Waals surface area contributed by atoms with Crippen molar-refractivity contribution >= 4 is 29.3 Å². The van der Waals surface area contributed by atoms with Crippen LogP contribution in [0.15, 0.2) is 35.9 Å². The molecular formula is C19H15ClN2O3. The Hall–Kier alpha value is -2.97. The second kappa shape index (κ2) is 6.88. The summed E-state index contributed by atoms with van der Waals surface area (Å²) in [6.07, 6.45) is 1.43. The highest BCUT2D eigenvalue weighted by atomic mass is 35.5. The third-order valence-corrected chi connectivity index (χ3v) is 4.25. The van der Waals surface area contributed by atoms with Crippen LogP contribution in [0.5, 0.6) is 11.5 Å². The fourth-order valence-corrected chi connectivity index (χ4v) is 2.57. The van der Waals surface area contributed by atoms with E-state index < -0.39 is 5.91 Å². The molecule has 0 aromatic heterocycles. The molecule has 0 unspecified atom stereocenters. The van der Waals surface area contributed by atoms with Gasteiger partial charge in [-0.3, -0.25) is 4.79 Å². The second-order valence-electron chi connectivity index (χ2n) is 5.65. The van der Waals surface area contributed by atoms with Crippen molar-refractivity contribution in [2.75, 3.05) is 12.1 Å². The van der Waals surface area contributed by atoms with Crippen molar-refractivity contribution in [3.63, 3.8) is 0 Å². The zero-order chi connectivity index (χ0) is 18.0. The molecule has 1 aliphatic rings. The van der Waals surface area contributed by atoms with Gasteiger partial charge in [0, 0.05) is 11.8 Å². The molecule has 1 amide bonds. The van der Waals surface area contributed by atoms with Gasteiger partial charge in [-0.1, -0.05) is 17.7 Å². The van der Waals surface area contributed by atoms with Gasteiger partial charge in [-0.2, -0.15) is 5.26 Å². The molecule has 1 N–H and O–H groups in total. The normalized spacial score (nSPS) is 12.6. The minimum absolute atomic E-state index is 0.0565. The standard InChI is InChI=1S/C19H15ClN2O3/c1-11-3-4-15(5-12(11)2)22-19(23)14(9-21)6-13-7-17-18(8-16(13)20)25-10-24-17/h3-8H,10H2,1-2H3,(H,22,23)/b14-6+. The van der Waals surface area contributed by atoms with Gasteiger partial charge in [0.25, 0.3) is 5.91 Å². The smallest absolute Gasteiger partial charge is 0.266 e. The number of aryl methyl sites for hydroxylation is 2. The van der Waals surface area contributed by atoms with E-state index in [4.69, 9.17) is 21.1 Å². The Morgan fingerprint density at radius 1 is 1.20 bits per heavy atom. The van der Waals surface area contributed by atoms with Crippen molar-refractivity contribution in [2.24, 2.45) is 0 Å². The van der Waals surface area contributed by atoms with Crippen molar-refractivity contribution in [3.8, 4) is 17.6 Å². The van der Waals surface area contributed by atoms with Gasteiger partial charge in [-0.05, 0) is 54.8 Å². The summed E-state index contributed by atoms with van der Waals surface area (Å²) in [4.78, 5) is 12.4. The van der Waals surface area contributed by atoms with Crippen LogP contribution in [-0.2, 0) is 4.79 Å². The van der Waals surface area contributed by atoms with E-state index in [1.807, 2.05) is 32.0 Å². The van der Waals surface area contributed by atoms with Gasteiger partial charge in [-0.25, -0.2) is 0 Å². The molecule has 3 rings (SSSR count).